The summed E-state index contributed by atoms with van der Waals surface area (Å²) in [5.41, 5.74) is 2.22. The van der Waals surface area contributed by atoms with Gasteiger partial charge >= 0.3 is 0 Å². The van der Waals surface area contributed by atoms with Crippen LogP contribution in [0.25, 0.3) is 0 Å². The molecule has 110 valence electrons. The van der Waals surface area contributed by atoms with Crippen LogP contribution in [0.4, 0.5) is 0 Å². The summed E-state index contributed by atoms with van der Waals surface area (Å²) in [4.78, 5) is 17.6. The fraction of sp³-hybridized carbons (Fsp3) is 0.625. The zero-order valence-corrected chi connectivity index (χ0v) is 13.6. The van der Waals surface area contributed by atoms with Crippen LogP contribution in [0, 0.1) is 6.92 Å². The van der Waals surface area contributed by atoms with Crippen molar-refractivity contribution < 1.29 is 4.79 Å². The number of nitrogens with one attached hydrogen (secondary N) is 1. The molecule has 0 fully saturated rings. The summed E-state index contributed by atoms with van der Waals surface area (Å²) in [6.45, 7) is 8.21. The van der Waals surface area contributed by atoms with Gasteiger partial charge in [-0.25, -0.2) is 4.98 Å². The van der Waals surface area contributed by atoms with Gasteiger partial charge in [-0.2, -0.15) is 0 Å². The first kappa shape index (κ1) is 15.2. The average molecular weight is 292 g/mol. The van der Waals surface area contributed by atoms with Crippen LogP contribution in [0.15, 0.2) is 11.6 Å². The predicted octanol–water partition coefficient (Wildman–Crippen LogP) is 4.19. The van der Waals surface area contributed by atoms with Gasteiger partial charge in [0.2, 0.25) is 0 Å². The molecule has 1 aromatic rings. The van der Waals surface area contributed by atoms with Gasteiger partial charge in [-0.1, -0.05) is 25.5 Å². The van der Waals surface area contributed by atoms with Gasteiger partial charge in [0.05, 0.1) is 10.7 Å². The molecule has 0 aromatic carbocycles. The fourth-order valence-electron chi connectivity index (χ4n) is 2.49. The van der Waals surface area contributed by atoms with E-state index in [1.165, 1.54) is 29.8 Å². The Hall–Kier alpha value is -1.16. The number of carbonyl (C=O) groups is 1. The van der Waals surface area contributed by atoms with Crippen LogP contribution in [0.1, 0.15) is 72.7 Å². The van der Waals surface area contributed by atoms with Crippen LogP contribution in [-0.2, 0) is 0 Å². The normalized spacial score (nSPS) is 16.9. The van der Waals surface area contributed by atoms with E-state index in [1.807, 2.05) is 6.92 Å². The van der Waals surface area contributed by atoms with Gasteiger partial charge in [0.15, 0.2) is 0 Å². The van der Waals surface area contributed by atoms with E-state index in [2.05, 4.69) is 37.1 Å². The Labute approximate surface area is 125 Å². The highest BCUT2D eigenvalue weighted by Gasteiger charge is 2.20. The quantitative estimate of drug-likeness (QED) is 0.845. The second kappa shape index (κ2) is 6.53. The van der Waals surface area contributed by atoms with Crippen molar-refractivity contribution in [2.45, 2.75) is 65.3 Å². The second-order valence-electron chi connectivity index (χ2n) is 5.84. The van der Waals surface area contributed by atoms with Gasteiger partial charge in [0, 0.05) is 12.0 Å². The third-order valence-corrected chi connectivity index (χ3v) is 5.20. The summed E-state index contributed by atoms with van der Waals surface area (Å²) in [7, 11) is 0. The molecule has 0 saturated heterocycles. The SMILES string of the molecule is Cc1nc(C(C)C)sc1C(=O)N[C@@H](C)C1=CCCCC1. The average Bonchev–Trinajstić information content (AvgIpc) is 2.82. The predicted molar refractivity (Wildman–Crippen MR) is 84.4 cm³/mol. The molecular weight excluding hydrogens is 268 g/mol. The molecule has 1 atom stereocenters. The molecule has 0 saturated carbocycles. The monoisotopic (exact) mass is 292 g/mol. The molecule has 1 aromatic heterocycles. The summed E-state index contributed by atoms with van der Waals surface area (Å²) in [5, 5.41) is 4.16. The van der Waals surface area contributed by atoms with E-state index >= 15 is 0 Å². The molecule has 4 heteroatoms. The van der Waals surface area contributed by atoms with E-state index < -0.39 is 0 Å². The van der Waals surface area contributed by atoms with E-state index in [9.17, 15) is 4.79 Å². The van der Waals surface area contributed by atoms with Crippen LogP contribution in [0.2, 0.25) is 0 Å². The topological polar surface area (TPSA) is 42.0 Å². The molecule has 0 radical (unpaired) electrons. The summed E-state index contributed by atoms with van der Waals surface area (Å²) in [6.07, 6.45) is 7.06. The Bertz CT molecular complexity index is 517. The van der Waals surface area contributed by atoms with Crippen LogP contribution >= 0.6 is 11.3 Å². The maximum atomic E-state index is 12.4. The number of hydrogen-bond acceptors (Lipinski definition) is 3. The summed E-state index contributed by atoms with van der Waals surface area (Å²) >= 11 is 1.52. The number of amides is 1. The molecule has 1 aliphatic rings. The lowest BCUT2D eigenvalue weighted by Gasteiger charge is -2.20. The van der Waals surface area contributed by atoms with Gasteiger partial charge in [-0.15, -0.1) is 11.3 Å². The van der Waals surface area contributed by atoms with E-state index in [4.69, 9.17) is 0 Å². The first-order valence-corrected chi connectivity index (χ1v) is 8.27. The lowest BCUT2D eigenvalue weighted by molar-refractivity contribution is 0.0948. The van der Waals surface area contributed by atoms with Crippen LogP contribution < -0.4 is 5.32 Å². The van der Waals surface area contributed by atoms with Gasteiger partial charge in [0.1, 0.15) is 4.88 Å². The standard InChI is InChI=1S/C16H24N2OS/c1-10(2)16-18-12(4)14(20-16)15(19)17-11(3)13-8-6-5-7-9-13/h8,10-11H,5-7,9H2,1-4H3,(H,17,19)/t11-/m0/s1. The van der Waals surface area contributed by atoms with Crippen molar-refractivity contribution in [1.29, 1.82) is 0 Å². The minimum absolute atomic E-state index is 0.0193. The number of nitrogens with zero attached hydrogens (tertiary/aromatic N) is 1. The van der Waals surface area contributed by atoms with Gasteiger partial charge < -0.3 is 5.32 Å². The van der Waals surface area contributed by atoms with Crippen molar-refractivity contribution in [1.82, 2.24) is 10.3 Å². The maximum Gasteiger partial charge on any atom is 0.263 e. The highest BCUT2D eigenvalue weighted by atomic mass is 32.1. The van der Waals surface area contributed by atoms with E-state index in [-0.39, 0.29) is 11.9 Å². The number of carbonyl (C=O) groups excluding carboxylic acids is 1. The molecule has 1 heterocycles. The zero-order valence-electron chi connectivity index (χ0n) is 12.8. The summed E-state index contributed by atoms with van der Waals surface area (Å²) in [5.74, 6) is 0.393. The molecule has 0 aliphatic heterocycles. The Kier molecular flexibility index (Phi) is 4.97. The molecule has 3 nitrogen and oxygen atoms in total. The van der Waals surface area contributed by atoms with Crippen molar-refractivity contribution in [2.75, 3.05) is 0 Å². The Morgan fingerprint density at radius 3 is 2.65 bits per heavy atom. The van der Waals surface area contributed by atoms with Crippen molar-refractivity contribution in [3.8, 4) is 0 Å². The number of thiazole rings is 1. The molecule has 1 amide bonds. The zero-order chi connectivity index (χ0) is 14.7. The number of rotatable bonds is 4. The first-order chi connectivity index (χ1) is 9.49. The summed E-state index contributed by atoms with van der Waals surface area (Å²) < 4.78 is 0. The first-order valence-electron chi connectivity index (χ1n) is 7.46. The highest BCUT2D eigenvalue weighted by molar-refractivity contribution is 7.13. The van der Waals surface area contributed by atoms with Gasteiger partial charge in [-0.05, 0) is 39.5 Å². The minimum atomic E-state index is 0.0193. The molecule has 0 spiro atoms. The van der Waals surface area contributed by atoms with Crippen molar-refractivity contribution >= 4 is 17.2 Å². The summed E-state index contributed by atoms with van der Waals surface area (Å²) in [6, 6.07) is 0.131. The second-order valence-corrected chi connectivity index (χ2v) is 6.87. The van der Waals surface area contributed by atoms with Gasteiger partial charge in [0.25, 0.3) is 5.91 Å². The lowest BCUT2D eigenvalue weighted by atomic mass is 9.95. The number of aryl methyl sites for hydroxylation is 1. The van der Waals surface area contributed by atoms with Crippen molar-refractivity contribution in [3.05, 3.63) is 27.2 Å². The molecule has 20 heavy (non-hydrogen) atoms. The number of allylic oxidation sites excluding steroid dienone is 1. The third-order valence-electron chi connectivity index (χ3n) is 3.74. The van der Waals surface area contributed by atoms with Crippen LogP contribution in [-0.4, -0.2) is 16.9 Å². The number of aromatic nitrogens is 1. The molecule has 0 bridgehead atoms. The largest absolute Gasteiger partial charge is 0.345 e. The van der Waals surface area contributed by atoms with E-state index in [0.717, 1.165) is 28.4 Å². The Morgan fingerprint density at radius 1 is 1.35 bits per heavy atom. The minimum Gasteiger partial charge on any atom is -0.345 e. The fourth-order valence-corrected chi connectivity index (χ4v) is 3.46. The van der Waals surface area contributed by atoms with E-state index in [1.54, 1.807) is 0 Å². The lowest BCUT2D eigenvalue weighted by Crippen LogP contribution is -2.34. The Balaban J connectivity index is 2.06. The van der Waals surface area contributed by atoms with E-state index in [0.29, 0.717) is 5.92 Å². The molecule has 2 rings (SSSR count). The molecular formula is C16H24N2OS. The van der Waals surface area contributed by atoms with Crippen LogP contribution in [0.3, 0.4) is 0 Å². The maximum absolute atomic E-state index is 12.4. The van der Waals surface area contributed by atoms with Crippen LogP contribution in [0.5, 0.6) is 0 Å². The van der Waals surface area contributed by atoms with Gasteiger partial charge in [-0.3, -0.25) is 4.79 Å². The highest BCUT2D eigenvalue weighted by Crippen LogP contribution is 2.25. The molecule has 0 unspecified atom stereocenters. The smallest absolute Gasteiger partial charge is 0.263 e. The number of hydrogen-bond donors (Lipinski definition) is 1. The molecule has 1 N–H and O–H groups in total. The van der Waals surface area contributed by atoms with Crippen molar-refractivity contribution in [3.63, 3.8) is 0 Å². The molecule has 1 aliphatic carbocycles. The van der Waals surface area contributed by atoms with Crippen molar-refractivity contribution in [2.24, 2.45) is 0 Å². The third kappa shape index (κ3) is 3.48. The Morgan fingerprint density at radius 2 is 2.10 bits per heavy atom.